The van der Waals surface area contributed by atoms with E-state index in [1.165, 1.54) is 25.7 Å². The topological polar surface area (TPSA) is 27.7 Å². The van der Waals surface area contributed by atoms with Gasteiger partial charge in [0.25, 0.3) is 5.97 Å². The Labute approximate surface area is 90.1 Å². The van der Waals surface area contributed by atoms with Gasteiger partial charge in [-0.05, 0) is 25.7 Å². The highest BCUT2D eigenvalue weighted by Gasteiger charge is 2.71. The van der Waals surface area contributed by atoms with Crippen molar-refractivity contribution in [3.05, 3.63) is 0 Å². The minimum Gasteiger partial charge on any atom is -0.324 e. The van der Waals surface area contributed by atoms with Crippen molar-refractivity contribution in [2.75, 3.05) is 0 Å². The highest BCUT2D eigenvalue weighted by molar-refractivity contribution is 5.15. The monoisotopic (exact) mass is 210 g/mol. The third kappa shape index (κ3) is 0.931. The van der Waals surface area contributed by atoms with Gasteiger partial charge < -0.3 is 14.2 Å². The molecule has 3 heteroatoms. The molecule has 3 nitrogen and oxygen atoms in total. The summed E-state index contributed by atoms with van der Waals surface area (Å²) in [7, 11) is 0. The summed E-state index contributed by atoms with van der Waals surface area (Å²) in [4.78, 5) is 0. The third-order valence-corrected chi connectivity index (χ3v) is 4.81. The summed E-state index contributed by atoms with van der Waals surface area (Å²) in [6, 6.07) is 0. The van der Waals surface area contributed by atoms with Gasteiger partial charge in [-0.25, -0.2) is 0 Å². The van der Waals surface area contributed by atoms with E-state index in [4.69, 9.17) is 14.2 Å². The second kappa shape index (κ2) is 2.41. The summed E-state index contributed by atoms with van der Waals surface area (Å²) in [5, 5.41) is 0. The van der Waals surface area contributed by atoms with E-state index in [0.717, 1.165) is 19.3 Å². The van der Waals surface area contributed by atoms with Gasteiger partial charge >= 0.3 is 0 Å². The van der Waals surface area contributed by atoms with Crippen molar-refractivity contribution in [3.63, 3.8) is 0 Å². The maximum atomic E-state index is 6.20. The van der Waals surface area contributed by atoms with Crippen LogP contribution < -0.4 is 0 Å². The first-order valence-electron chi connectivity index (χ1n) is 6.24. The van der Waals surface area contributed by atoms with Gasteiger partial charge in [-0.3, -0.25) is 0 Å². The van der Waals surface area contributed by atoms with Gasteiger partial charge in [0, 0.05) is 13.3 Å². The fourth-order valence-corrected chi connectivity index (χ4v) is 4.34. The number of hydrogen-bond donors (Lipinski definition) is 0. The van der Waals surface area contributed by atoms with E-state index in [1.807, 2.05) is 6.92 Å². The smallest absolute Gasteiger partial charge is 0.281 e. The van der Waals surface area contributed by atoms with Crippen molar-refractivity contribution in [1.29, 1.82) is 0 Å². The molecule has 2 heterocycles. The Bertz CT molecular complexity index is 312. The highest BCUT2D eigenvalue weighted by atomic mass is 16.9. The predicted molar refractivity (Wildman–Crippen MR) is 53.2 cm³/mol. The minimum absolute atomic E-state index is 0.00116. The molecular weight excluding hydrogens is 192 g/mol. The fourth-order valence-electron chi connectivity index (χ4n) is 4.34. The van der Waals surface area contributed by atoms with E-state index < -0.39 is 5.97 Å². The molecule has 4 atom stereocenters. The van der Waals surface area contributed by atoms with E-state index >= 15 is 0 Å². The molecule has 4 unspecified atom stereocenters. The number of rotatable bonds is 0. The van der Waals surface area contributed by atoms with Gasteiger partial charge in [0.05, 0.1) is 6.10 Å². The molecule has 2 aliphatic carbocycles. The Morgan fingerprint density at radius 1 is 1.00 bits per heavy atom. The van der Waals surface area contributed by atoms with Crippen LogP contribution in [0.3, 0.4) is 0 Å². The SMILES string of the molecule is CC12OC3CCC4(CCCCC4(C3)O1)O2. The van der Waals surface area contributed by atoms with Crippen LogP contribution in [0.4, 0.5) is 0 Å². The molecule has 0 N–H and O–H groups in total. The van der Waals surface area contributed by atoms with Crippen LogP contribution in [0.1, 0.15) is 51.9 Å². The predicted octanol–water partition coefficient (Wildman–Crippen LogP) is 2.34. The molecule has 2 saturated carbocycles. The van der Waals surface area contributed by atoms with Crippen LogP contribution in [0.5, 0.6) is 0 Å². The van der Waals surface area contributed by atoms with Crippen LogP contribution in [0, 0.1) is 0 Å². The molecule has 0 aromatic carbocycles. The van der Waals surface area contributed by atoms with Crippen LogP contribution in [0.25, 0.3) is 0 Å². The van der Waals surface area contributed by atoms with Gasteiger partial charge in [0.1, 0.15) is 11.2 Å². The van der Waals surface area contributed by atoms with Crippen molar-refractivity contribution >= 4 is 0 Å². The summed E-state index contributed by atoms with van der Waals surface area (Å²) >= 11 is 0. The Morgan fingerprint density at radius 3 is 2.60 bits per heavy atom. The van der Waals surface area contributed by atoms with Crippen molar-refractivity contribution < 1.29 is 14.2 Å². The minimum atomic E-state index is -0.732. The highest BCUT2D eigenvalue weighted by Crippen LogP contribution is 2.62. The molecule has 1 spiro atoms. The molecule has 0 aromatic heterocycles. The molecule has 2 saturated heterocycles. The zero-order valence-electron chi connectivity index (χ0n) is 9.25. The van der Waals surface area contributed by atoms with Gasteiger partial charge in [-0.15, -0.1) is 0 Å². The molecule has 4 rings (SSSR count). The Balaban J connectivity index is 1.86. The van der Waals surface area contributed by atoms with Crippen molar-refractivity contribution in [2.24, 2.45) is 0 Å². The molecule has 84 valence electrons. The van der Waals surface area contributed by atoms with Crippen molar-refractivity contribution in [2.45, 2.75) is 75.1 Å². The lowest BCUT2D eigenvalue weighted by molar-refractivity contribution is -0.376. The zero-order chi connectivity index (χ0) is 10.1. The standard InChI is InChI=1S/C12H18O3/c1-10-13-9-4-7-11(14-10)5-2-3-6-12(11,8-9)15-10/h9H,2-8H2,1H3. The van der Waals surface area contributed by atoms with Crippen LogP contribution in [0.2, 0.25) is 0 Å². The lowest BCUT2D eigenvalue weighted by Crippen LogP contribution is -2.59. The molecule has 0 aromatic rings. The van der Waals surface area contributed by atoms with Crippen LogP contribution in [-0.2, 0) is 14.2 Å². The van der Waals surface area contributed by atoms with E-state index in [0.29, 0.717) is 6.10 Å². The second-order valence-corrected chi connectivity index (χ2v) is 5.74. The Kier molecular flexibility index (Phi) is 1.44. The summed E-state index contributed by atoms with van der Waals surface area (Å²) in [5.41, 5.74) is -0.00579. The molecular formula is C12H18O3. The molecule has 3 bridgehead atoms. The largest absolute Gasteiger partial charge is 0.324 e. The maximum Gasteiger partial charge on any atom is 0.281 e. The van der Waals surface area contributed by atoms with E-state index in [1.54, 1.807) is 0 Å². The van der Waals surface area contributed by atoms with Crippen LogP contribution >= 0.6 is 0 Å². The molecule has 4 fully saturated rings. The maximum absolute atomic E-state index is 6.20. The van der Waals surface area contributed by atoms with Crippen molar-refractivity contribution in [3.8, 4) is 0 Å². The Hall–Kier alpha value is -0.120. The van der Waals surface area contributed by atoms with Gasteiger partial charge in [-0.2, -0.15) is 0 Å². The quantitative estimate of drug-likeness (QED) is 0.614. The first-order chi connectivity index (χ1) is 7.16. The molecule has 0 radical (unpaired) electrons. The fraction of sp³-hybridized carbons (Fsp3) is 1.00. The van der Waals surface area contributed by atoms with Gasteiger partial charge in [0.2, 0.25) is 0 Å². The molecule has 15 heavy (non-hydrogen) atoms. The lowest BCUT2D eigenvalue weighted by Gasteiger charge is -2.51. The van der Waals surface area contributed by atoms with Crippen molar-refractivity contribution in [1.82, 2.24) is 0 Å². The average Bonchev–Trinajstić information content (AvgIpc) is 2.29. The van der Waals surface area contributed by atoms with Gasteiger partial charge in [-0.1, -0.05) is 12.8 Å². The van der Waals surface area contributed by atoms with E-state index in [2.05, 4.69) is 0 Å². The zero-order valence-corrected chi connectivity index (χ0v) is 9.25. The summed E-state index contributed by atoms with van der Waals surface area (Å²) in [6.45, 7) is 1.95. The number of fused-ring (bicyclic) bond motifs is 2. The third-order valence-electron chi connectivity index (χ3n) is 4.81. The second-order valence-electron chi connectivity index (χ2n) is 5.74. The summed E-state index contributed by atoms with van der Waals surface area (Å²) < 4.78 is 18.3. The normalized spacial score (nSPS) is 61.8. The van der Waals surface area contributed by atoms with Crippen LogP contribution in [-0.4, -0.2) is 23.3 Å². The van der Waals surface area contributed by atoms with E-state index in [9.17, 15) is 0 Å². The molecule has 0 amide bonds. The van der Waals surface area contributed by atoms with Gasteiger partial charge in [0.15, 0.2) is 0 Å². The molecule has 4 aliphatic rings. The average molecular weight is 210 g/mol. The lowest BCUT2D eigenvalue weighted by atomic mass is 9.63. The first-order valence-corrected chi connectivity index (χ1v) is 6.24. The number of ether oxygens (including phenoxy) is 3. The number of hydrogen-bond acceptors (Lipinski definition) is 3. The summed E-state index contributed by atoms with van der Waals surface area (Å²) in [6.07, 6.45) is 8.62. The Morgan fingerprint density at radius 2 is 1.73 bits per heavy atom. The van der Waals surface area contributed by atoms with E-state index in [-0.39, 0.29) is 11.2 Å². The molecule has 2 aliphatic heterocycles. The van der Waals surface area contributed by atoms with Crippen LogP contribution in [0.15, 0.2) is 0 Å². The first kappa shape index (κ1) is 8.97. The summed E-state index contributed by atoms with van der Waals surface area (Å²) in [5.74, 6) is -0.732.